The lowest BCUT2D eigenvalue weighted by atomic mass is 9.89. The van der Waals surface area contributed by atoms with E-state index in [1.54, 1.807) is 0 Å². The fraction of sp³-hybridized carbons (Fsp3) is 1.00. The van der Waals surface area contributed by atoms with Crippen LogP contribution in [0.4, 0.5) is 0 Å². The van der Waals surface area contributed by atoms with Crippen molar-refractivity contribution in [2.24, 2.45) is 5.92 Å². The normalized spacial score (nSPS) is 23.6. The van der Waals surface area contributed by atoms with E-state index in [1.165, 1.54) is 84.2 Å². The van der Waals surface area contributed by atoms with Crippen LogP contribution in [0, 0.1) is 5.92 Å². The van der Waals surface area contributed by atoms with Crippen molar-refractivity contribution < 1.29 is 0 Å². The summed E-state index contributed by atoms with van der Waals surface area (Å²) in [4.78, 5) is 5.16. The summed E-state index contributed by atoms with van der Waals surface area (Å²) in [5, 5.41) is 3.69. The summed E-state index contributed by atoms with van der Waals surface area (Å²) in [7, 11) is 2.31. The maximum absolute atomic E-state index is 3.69. The van der Waals surface area contributed by atoms with E-state index in [4.69, 9.17) is 0 Å². The van der Waals surface area contributed by atoms with Crippen LogP contribution in [-0.4, -0.2) is 62.2 Å². The number of rotatable bonds is 7. The van der Waals surface area contributed by atoms with Gasteiger partial charge in [0, 0.05) is 19.1 Å². The number of likely N-dealkylation sites (tertiary alicyclic amines) is 1. The molecule has 0 radical (unpaired) electrons. The van der Waals surface area contributed by atoms with Crippen molar-refractivity contribution in [2.75, 3.05) is 46.3 Å². The van der Waals surface area contributed by atoms with Gasteiger partial charge in [0.25, 0.3) is 0 Å². The summed E-state index contributed by atoms with van der Waals surface area (Å²) in [5.74, 6) is 0.960. The molecule has 0 aromatic heterocycles. The molecule has 20 heavy (non-hydrogen) atoms. The second-order valence-electron chi connectivity index (χ2n) is 6.85. The van der Waals surface area contributed by atoms with Gasteiger partial charge in [-0.15, -0.1) is 0 Å². The van der Waals surface area contributed by atoms with Gasteiger partial charge in [-0.05, 0) is 64.8 Å². The highest BCUT2D eigenvalue weighted by molar-refractivity contribution is 4.78. The third-order valence-corrected chi connectivity index (χ3v) is 5.43. The summed E-state index contributed by atoms with van der Waals surface area (Å²) in [5.41, 5.74) is 0. The van der Waals surface area contributed by atoms with Crippen LogP contribution in [0.3, 0.4) is 0 Å². The van der Waals surface area contributed by atoms with Crippen molar-refractivity contribution in [3.8, 4) is 0 Å². The van der Waals surface area contributed by atoms with Crippen LogP contribution in [0.15, 0.2) is 0 Å². The Kier molecular flexibility index (Phi) is 7.32. The molecule has 2 rings (SSSR count). The number of hydrogen-bond donors (Lipinski definition) is 1. The smallest absolute Gasteiger partial charge is 0.0117 e. The molecule has 3 heteroatoms. The molecule has 118 valence electrons. The summed E-state index contributed by atoms with van der Waals surface area (Å²) in [6, 6.07) is 0.814. The van der Waals surface area contributed by atoms with Crippen LogP contribution < -0.4 is 5.32 Å². The molecule has 1 saturated carbocycles. The molecule has 0 unspecified atom stereocenters. The van der Waals surface area contributed by atoms with Crippen LogP contribution >= 0.6 is 0 Å². The van der Waals surface area contributed by atoms with Crippen LogP contribution in [0.25, 0.3) is 0 Å². The first kappa shape index (κ1) is 16.3. The molecule has 0 bridgehead atoms. The van der Waals surface area contributed by atoms with E-state index >= 15 is 0 Å². The van der Waals surface area contributed by atoms with Gasteiger partial charge in [-0.25, -0.2) is 0 Å². The molecule has 3 nitrogen and oxygen atoms in total. The second kappa shape index (κ2) is 9.01. The van der Waals surface area contributed by atoms with Gasteiger partial charge in [0.2, 0.25) is 0 Å². The quantitative estimate of drug-likeness (QED) is 0.724. The topological polar surface area (TPSA) is 18.5 Å². The standard InChI is InChI=1S/C17H35N3/c1-3-20-12-9-17(10-13-20)19(2)14-11-18-15-16-7-5-4-6-8-16/h16-18H,3-15H2,1-2H3. The van der Waals surface area contributed by atoms with E-state index in [1.807, 2.05) is 0 Å². The lowest BCUT2D eigenvalue weighted by molar-refractivity contribution is 0.132. The first-order valence-corrected chi connectivity index (χ1v) is 8.93. The van der Waals surface area contributed by atoms with Crippen LogP contribution in [-0.2, 0) is 0 Å². The molecule has 0 atom stereocenters. The molecule has 0 aromatic carbocycles. The average Bonchev–Trinajstić information content (AvgIpc) is 2.52. The van der Waals surface area contributed by atoms with Gasteiger partial charge in [0.05, 0.1) is 0 Å². The highest BCUT2D eigenvalue weighted by Gasteiger charge is 2.21. The van der Waals surface area contributed by atoms with Crippen molar-refractivity contribution >= 4 is 0 Å². The Labute approximate surface area is 126 Å². The van der Waals surface area contributed by atoms with Crippen molar-refractivity contribution in [3.63, 3.8) is 0 Å². The van der Waals surface area contributed by atoms with Crippen LogP contribution in [0.2, 0.25) is 0 Å². The predicted octanol–water partition coefficient (Wildman–Crippen LogP) is 2.57. The highest BCUT2D eigenvalue weighted by Crippen LogP contribution is 2.22. The van der Waals surface area contributed by atoms with Gasteiger partial charge in [-0.1, -0.05) is 26.2 Å². The van der Waals surface area contributed by atoms with Gasteiger partial charge < -0.3 is 15.1 Å². The minimum absolute atomic E-state index is 0.814. The van der Waals surface area contributed by atoms with E-state index < -0.39 is 0 Å². The van der Waals surface area contributed by atoms with Crippen molar-refractivity contribution in [2.45, 2.75) is 57.9 Å². The van der Waals surface area contributed by atoms with E-state index in [2.05, 4.69) is 29.1 Å². The first-order chi connectivity index (χ1) is 9.79. The largest absolute Gasteiger partial charge is 0.315 e. The monoisotopic (exact) mass is 281 g/mol. The predicted molar refractivity (Wildman–Crippen MR) is 87.2 cm³/mol. The Morgan fingerprint density at radius 1 is 1.05 bits per heavy atom. The van der Waals surface area contributed by atoms with Gasteiger partial charge in [0.1, 0.15) is 0 Å². The third kappa shape index (κ3) is 5.34. The van der Waals surface area contributed by atoms with Crippen LogP contribution in [0.1, 0.15) is 51.9 Å². The molecule has 1 N–H and O–H groups in total. The van der Waals surface area contributed by atoms with Gasteiger partial charge in [-0.2, -0.15) is 0 Å². The van der Waals surface area contributed by atoms with Crippen molar-refractivity contribution in [3.05, 3.63) is 0 Å². The maximum atomic E-state index is 3.69. The Morgan fingerprint density at radius 2 is 1.75 bits per heavy atom. The zero-order valence-electron chi connectivity index (χ0n) is 13.7. The highest BCUT2D eigenvalue weighted by atomic mass is 15.2. The van der Waals surface area contributed by atoms with Crippen LogP contribution in [0.5, 0.6) is 0 Å². The van der Waals surface area contributed by atoms with E-state index in [-0.39, 0.29) is 0 Å². The summed E-state index contributed by atoms with van der Waals surface area (Å²) in [6.45, 7) is 9.72. The number of nitrogens with one attached hydrogen (secondary N) is 1. The van der Waals surface area contributed by atoms with E-state index in [0.717, 1.165) is 12.0 Å². The molecule has 1 heterocycles. The van der Waals surface area contributed by atoms with Crippen molar-refractivity contribution in [1.29, 1.82) is 0 Å². The van der Waals surface area contributed by atoms with Gasteiger partial charge >= 0.3 is 0 Å². The SMILES string of the molecule is CCN1CCC(N(C)CCNCC2CCCCC2)CC1. The lowest BCUT2D eigenvalue weighted by Gasteiger charge is -2.36. The zero-order valence-corrected chi connectivity index (χ0v) is 13.7. The van der Waals surface area contributed by atoms with E-state index in [0.29, 0.717) is 0 Å². The fourth-order valence-corrected chi connectivity index (χ4v) is 3.81. The lowest BCUT2D eigenvalue weighted by Crippen LogP contribution is -2.45. The molecular weight excluding hydrogens is 246 g/mol. The molecule has 2 fully saturated rings. The zero-order chi connectivity index (χ0) is 14.2. The molecule has 1 aliphatic carbocycles. The Morgan fingerprint density at radius 3 is 2.40 bits per heavy atom. The summed E-state index contributed by atoms with van der Waals surface area (Å²) >= 11 is 0. The minimum Gasteiger partial charge on any atom is -0.315 e. The Balaban J connectivity index is 1.52. The molecule has 0 spiro atoms. The summed E-state index contributed by atoms with van der Waals surface area (Å²) in [6.07, 6.45) is 10.0. The average molecular weight is 281 g/mol. The molecule has 0 amide bonds. The van der Waals surface area contributed by atoms with Gasteiger partial charge in [-0.3, -0.25) is 0 Å². The number of nitrogens with zero attached hydrogens (tertiary/aromatic N) is 2. The Bertz CT molecular complexity index is 243. The van der Waals surface area contributed by atoms with Gasteiger partial charge in [0.15, 0.2) is 0 Å². The minimum atomic E-state index is 0.814. The van der Waals surface area contributed by atoms with Crippen molar-refractivity contribution in [1.82, 2.24) is 15.1 Å². The molecule has 2 aliphatic rings. The molecule has 0 aromatic rings. The number of likely N-dealkylation sites (N-methyl/N-ethyl adjacent to an activating group) is 1. The molecule has 1 saturated heterocycles. The fourth-order valence-electron chi connectivity index (χ4n) is 3.81. The molecule has 1 aliphatic heterocycles. The Hall–Kier alpha value is -0.120. The maximum Gasteiger partial charge on any atom is 0.0117 e. The second-order valence-corrected chi connectivity index (χ2v) is 6.85. The molecular formula is C17H35N3. The number of hydrogen-bond acceptors (Lipinski definition) is 3. The third-order valence-electron chi connectivity index (χ3n) is 5.43. The first-order valence-electron chi connectivity index (χ1n) is 8.93. The number of piperidine rings is 1. The summed E-state index contributed by atoms with van der Waals surface area (Å²) < 4.78 is 0. The van der Waals surface area contributed by atoms with E-state index in [9.17, 15) is 0 Å².